The molecule has 0 aliphatic carbocycles. The first-order valence-corrected chi connectivity index (χ1v) is 6.08. The van der Waals surface area contributed by atoms with Crippen molar-refractivity contribution in [2.24, 2.45) is 0 Å². The predicted octanol–water partition coefficient (Wildman–Crippen LogP) is 4.23. The van der Waals surface area contributed by atoms with Crippen molar-refractivity contribution in [2.45, 2.75) is 20.8 Å². The molecule has 2 rings (SSSR count). The first-order valence-electron chi connectivity index (χ1n) is 5.27. The summed E-state index contributed by atoms with van der Waals surface area (Å²) in [4.78, 5) is 13.3. The zero-order valence-corrected chi connectivity index (χ0v) is 10.5. The van der Waals surface area contributed by atoms with Crippen LogP contribution in [0.3, 0.4) is 0 Å². The van der Waals surface area contributed by atoms with Gasteiger partial charge in [0.1, 0.15) is 0 Å². The Balaban J connectivity index is 2.54. The van der Waals surface area contributed by atoms with Crippen LogP contribution in [0.4, 0.5) is 0 Å². The summed E-state index contributed by atoms with van der Waals surface area (Å²) in [5.41, 5.74) is 3.79. The van der Waals surface area contributed by atoms with Crippen LogP contribution in [0.15, 0.2) is 30.3 Å². The van der Waals surface area contributed by atoms with Gasteiger partial charge in [0, 0.05) is 4.88 Å². The minimum absolute atomic E-state index is 0.141. The zero-order valence-electron chi connectivity index (χ0n) is 9.70. The van der Waals surface area contributed by atoms with Crippen LogP contribution < -0.4 is 0 Å². The lowest BCUT2D eigenvalue weighted by atomic mass is 10.0. The molecule has 0 aliphatic heterocycles. The third kappa shape index (κ3) is 1.93. The highest BCUT2D eigenvalue weighted by Crippen LogP contribution is 2.33. The highest BCUT2D eigenvalue weighted by molar-refractivity contribution is 7.17. The predicted molar refractivity (Wildman–Crippen MR) is 69.2 cm³/mol. The summed E-state index contributed by atoms with van der Waals surface area (Å²) in [7, 11) is 0. The Morgan fingerprint density at radius 2 is 1.69 bits per heavy atom. The van der Waals surface area contributed by atoms with Gasteiger partial charge in [0.25, 0.3) is 0 Å². The maximum atomic E-state index is 11.3. The molecule has 2 aromatic rings. The van der Waals surface area contributed by atoms with E-state index in [0.29, 0.717) is 0 Å². The van der Waals surface area contributed by atoms with Crippen LogP contribution in [0, 0.1) is 13.8 Å². The van der Waals surface area contributed by atoms with E-state index in [1.165, 1.54) is 21.6 Å². The van der Waals surface area contributed by atoms with Gasteiger partial charge in [-0.2, -0.15) is 0 Å². The number of Topliss-reactive ketones (excluding diaryl/α,β-unsaturated/α-hetero) is 1. The van der Waals surface area contributed by atoms with E-state index < -0.39 is 0 Å². The first-order chi connectivity index (χ1) is 7.59. The van der Waals surface area contributed by atoms with E-state index in [4.69, 9.17) is 0 Å². The molecule has 82 valence electrons. The van der Waals surface area contributed by atoms with Crippen molar-refractivity contribution < 1.29 is 4.79 Å². The number of benzene rings is 1. The Bertz CT molecular complexity index is 517. The van der Waals surface area contributed by atoms with Crippen LogP contribution >= 0.6 is 11.3 Å². The second-order valence-corrected chi connectivity index (χ2v) is 5.07. The third-order valence-corrected chi connectivity index (χ3v) is 3.88. The van der Waals surface area contributed by atoms with E-state index in [-0.39, 0.29) is 5.78 Å². The fourth-order valence-corrected chi connectivity index (χ4v) is 2.94. The fraction of sp³-hybridized carbons (Fsp3) is 0.214. The van der Waals surface area contributed by atoms with Crippen LogP contribution in [0.2, 0.25) is 0 Å². The normalized spacial score (nSPS) is 10.4. The minimum atomic E-state index is 0.141. The lowest BCUT2D eigenvalue weighted by molar-refractivity contribution is 0.102. The SMILES string of the molecule is CC(=O)c1ccc(-c2c(C)cccc2C)s1. The Morgan fingerprint density at radius 1 is 1.06 bits per heavy atom. The number of carbonyl (C=O) groups is 1. The van der Waals surface area contributed by atoms with Crippen LogP contribution in [0.5, 0.6) is 0 Å². The molecular formula is C14H14OS. The van der Waals surface area contributed by atoms with Gasteiger partial charge in [0.2, 0.25) is 0 Å². The smallest absolute Gasteiger partial charge is 0.169 e. The summed E-state index contributed by atoms with van der Waals surface area (Å²) in [6.07, 6.45) is 0. The number of ketones is 1. The molecule has 0 amide bonds. The molecule has 0 unspecified atom stereocenters. The van der Waals surface area contributed by atoms with Gasteiger partial charge in [-0.05, 0) is 49.6 Å². The summed E-state index contributed by atoms with van der Waals surface area (Å²) in [6, 6.07) is 10.2. The summed E-state index contributed by atoms with van der Waals surface area (Å²) < 4.78 is 0. The Morgan fingerprint density at radius 3 is 2.19 bits per heavy atom. The number of aryl methyl sites for hydroxylation is 2. The average molecular weight is 230 g/mol. The van der Waals surface area contributed by atoms with Crippen LogP contribution in [-0.4, -0.2) is 5.78 Å². The third-order valence-electron chi connectivity index (χ3n) is 2.68. The van der Waals surface area contributed by atoms with Crippen molar-refractivity contribution in [1.29, 1.82) is 0 Å². The number of hydrogen-bond acceptors (Lipinski definition) is 2. The quantitative estimate of drug-likeness (QED) is 0.705. The Hall–Kier alpha value is -1.41. The molecule has 0 saturated heterocycles. The molecule has 1 aromatic heterocycles. The summed E-state index contributed by atoms with van der Waals surface area (Å²) in [5.74, 6) is 0.141. The number of carbonyl (C=O) groups excluding carboxylic acids is 1. The summed E-state index contributed by atoms with van der Waals surface area (Å²) in [6.45, 7) is 5.82. The molecule has 0 atom stereocenters. The highest BCUT2D eigenvalue weighted by Gasteiger charge is 2.09. The maximum absolute atomic E-state index is 11.3. The molecule has 16 heavy (non-hydrogen) atoms. The van der Waals surface area contributed by atoms with Crippen molar-refractivity contribution >= 4 is 17.1 Å². The molecule has 1 aromatic carbocycles. The van der Waals surface area contributed by atoms with E-state index in [1.54, 1.807) is 18.3 Å². The van der Waals surface area contributed by atoms with Gasteiger partial charge in [-0.15, -0.1) is 11.3 Å². The first kappa shape index (κ1) is 11.1. The van der Waals surface area contributed by atoms with E-state index in [9.17, 15) is 4.79 Å². The maximum Gasteiger partial charge on any atom is 0.169 e. The molecule has 0 spiro atoms. The molecule has 2 heteroatoms. The van der Waals surface area contributed by atoms with E-state index in [0.717, 1.165) is 4.88 Å². The van der Waals surface area contributed by atoms with Crippen molar-refractivity contribution in [3.63, 3.8) is 0 Å². The molecular weight excluding hydrogens is 216 g/mol. The van der Waals surface area contributed by atoms with Crippen molar-refractivity contribution in [1.82, 2.24) is 0 Å². The highest BCUT2D eigenvalue weighted by atomic mass is 32.1. The number of hydrogen-bond donors (Lipinski definition) is 0. The van der Waals surface area contributed by atoms with Gasteiger partial charge < -0.3 is 0 Å². The molecule has 0 aliphatic rings. The zero-order chi connectivity index (χ0) is 11.7. The Labute approximate surface area is 99.8 Å². The van der Waals surface area contributed by atoms with Gasteiger partial charge in [-0.25, -0.2) is 0 Å². The van der Waals surface area contributed by atoms with E-state index >= 15 is 0 Å². The fourth-order valence-electron chi connectivity index (χ4n) is 1.86. The monoisotopic (exact) mass is 230 g/mol. The molecule has 0 radical (unpaired) electrons. The average Bonchev–Trinajstić information content (AvgIpc) is 2.66. The number of thiophene rings is 1. The lowest BCUT2D eigenvalue weighted by Gasteiger charge is -2.06. The second kappa shape index (κ2) is 4.22. The van der Waals surface area contributed by atoms with Crippen LogP contribution in [0.1, 0.15) is 27.7 Å². The summed E-state index contributed by atoms with van der Waals surface area (Å²) >= 11 is 1.57. The van der Waals surface area contributed by atoms with Gasteiger partial charge in [0.05, 0.1) is 4.88 Å². The van der Waals surface area contributed by atoms with Gasteiger partial charge in [0.15, 0.2) is 5.78 Å². The Kier molecular flexibility index (Phi) is 2.92. The van der Waals surface area contributed by atoms with Crippen molar-refractivity contribution in [2.75, 3.05) is 0 Å². The number of rotatable bonds is 2. The standard InChI is InChI=1S/C14H14OS/c1-9-5-4-6-10(2)14(9)13-8-7-12(16-13)11(3)15/h4-8H,1-3H3. The molecule has 1 nitrogen and oxygen atoms in total. The van der Waals surface area contributed by atoms with Gasteiger partial charge in [-0.3, -0.25) is 4.79 Å². The molecule has 0 N–H and O–H groups in total. The van der Waals surface area contributed by atoms with E-state index in [1.807, 2.05) is 12.1 Å². The van der Waals surface area contributed by atoms with Gasteiger partial charge in [-0.1, -0.05) is 18.2 Å². The lowest BCUT2D eigenvalue weighted by Crippen LogP contribution is -1.85. The summed E-state index contributed by atoms with van der Waals surface area (Å²) in [5, 5.41) is 0. The molecule has 1 heterocycles. The molecule has 0 saturated carbocycles. The minimum Gasteiger partial charge on any atom is -0.294 e. The van der Waals surface area contributed by atoms with Crippen LogP contribution in [0.25, 0.3) is 10.4 Å². The largest absolute Gasteiger partial charge is 0.294 e. The van der Waals surface area contributed by atoms with Crippen molar-refractivity contribution in [3.05, 3.63) is 46.3 Å². The van der Waals surface area contributed by atoms with E-state index in [2.05, 4.69) is 32.0 Å². The molecule has 0 fully saturated rings. The molecule has 0 bridgehead atoms. The van der Waals surface area contributed by atoms with Crippen molar-refractivity contribution in [3.8, 4) is 10.4 Å². The van der Waals surface area contributed by atoms with Crippen LogP contribution in [-0.2, 0) is 0 Å². The second-order valence-electron chi connectivity index (χ2n) is 3.99. The topological polar surface area (TPSA) is 17.1 Å². The van der Waals surface area contributed by atoms with Gasteiger partial charge >= 0.3 is 0 Å².